The molecule has 1 N–H and O–H groups in total. The molecule has 2 heteroatoms. The summed E-state index contributed by atoms with van der Waals surface area (Å²) in [6.45, 7) is 2.97. The molecule has 1 fully saturated rings. The first-order valence-electron chi connectivity index (χ1n) is 2.47. The van der Waals surface area contributed by atoms with E-state index in [-0.39, 0.29) is 5.92 Å². The van der Waals surface area contributed by atoms with Gasteiger partial charge in [-0.15, -0.1) is 0 Å². The molecule has 1 aliphatic rings. The van der Waals surface area contributed by atoms with E-state index in [1.165, 1.54) is 0 Å². The number of hydrogen-bond donors (Lipinski definition) is 1. The second-order valence-electron chi connectivity index (χ2n) is 1.93. The third kappa shape index (κ3) is 0.908. The molecule has 1 heterocycles. The van der Waals surface area contributed by atoms with Crippen molar-refractivity contribution in [1.82, 2.24) is 5.32 Å². The molecule has 0 radical (unpaired) electrons. The van der Waals surface area contributed by atoms with Crippen LogP contribution in [0.25, 0.3) is 0 Å². The lowest BCUT2D eigenvalue weighted by Gasteiger charge is -1.89. The van der Waals surface area contributed by atoms with Crippen LogP contribution in [0.3, 0.4) is 0 Å². The van der Waals surface area contributed by atoms with Crippen LogP contribution >= 0.6 is 0 Å². The first kappa shape index (κ1) is 4.61. The summed E-state index contributed by atoms with van der Waals surface area (Å²) in [5.74, 6) is 0.208. The Morgan fingerprint density at radius 1 is 2.00 bits per heavy atom. The Labute approximate surface area is 43.1 Å². The maximum atomic E-state index is 8.26. The molecule has 0 aliphatic carbocycles. The molecule has 0 saturated carbocycles. The Kier molecular flexibility index (Phi) is 0.994. The Hall–Kier alpha value is -0.550. The zero-order valence-electron chi connectivity index (χ0n) is 4.31. The normalized spacial score (nSPS) is 31.1. The summed E-state index contributed by atoms with van der Waals surface area (Å²) in [5.41, 5.74) is 0. The van der Waals surface area contributed by atoms with Crippen molar-refractivity contribution in [2.75, 3.05) is 6.54 Å². The summed E-state index contributed by atoms with van der Waals surface area (Å²) in [7, 11) is 0. The summed E-state index contributed by atoms with van der Waals surface area (Å²) >= 11 is 0. The maximum absolute atomic E-state index is 8.26. The van der Waals surface area contributed by atoms with Gasteiger partial charge in [0.05, 0.1) is 12.0 Å². The Morgan fingerprint density at radius 3 is 2.71 bits per heavy atom. The molecule has 2 nitrogen and oxygen atoms in total. The molecule has 0 aromatic rings. The molecular formula is C5H8N2. The molecular weight excluding hydrogens is 88.1 g/mol. The van der Waals surface area contributed by atoms with Crippen LogP contribution in [0.5, 0.6) is 0 Å². The Balaban J connectivity index is 2.27. The molecule has 7 heavy (non-hydrogen) atoms. The highest BCUT2D eigenvalue weighted by atomic mass is 15.1. The largest absolute Gasteiger partial charge is 0.310 e. The SMILES string of the molecule is CC(C#N)C1CN1. The average Bonchev–Trinajstić information content (AvgIpc) is 2.44. The van der Waals surface area contributed by atoms with Crippen LogP contribution in [0.15, 0.2) is 0 Å². The van der Waals surface area contributed by atoms with E-state index in [4.69, 9.17) is 5.26 Å². The van der Waals surface area contributed by atoms with E-state index in [1.54, 1.807) is 0 Å². The summed E-state index contributed by atoms with van der Waals surface area (Å²) in [4.78, 5) is 0. The van der Waals surface area contributed by atoms with Crippen molar-refractivity contribution >= 4 is 0 Å². The molecule has 0 aromatic heterocycles. The fourth-order valence-electron chi connectivity index (χ4n) is 0.512. The first-order chi connectivity index (χ1) is 3.34. The number of hydrogen-bond acceptors (Lipinski definition) is 2. The molecule has 0 aromatic carbocycles. The summed E-state index contributed by atoms with van der Waals surface area (Å²) in [6.07, 6.45) is 0. The third-order valence-electron chi connectivity index (χ3n) is 1.25. The minimum Gasteiger partial charge on any atom is -0.310 e. The number of nitrogens with one attached hydrogen (secondary N) is 1. The van der Waals surface area contributed by atoms with Gasteiger partial charge in [-0.1, -0.05) is 0 Å². The monoisotopic (exact) mass is 96.1 g/mol. The number of nitriles is 1. The van der Waals surface area contributed by atoms with Gasteiger partial charge in [-0.2, -0.15) is 5.26 Å². The van der Waals surface area contributed by atoms with Gasteiger partial charge in [0.25, 0.3) is 0 Å². The maximum Gasteiger partial charge on any atom is 0.0669 e. The molecule has 1 aliphatic heterocycles. The highest BCUT2D eigenvalue weighted by molar-refractivity contribution is 4.98. The molecule has 38 valence electrons. The van der Waals surface area contributed by atoms with Crippen LogP contribution in [0.1, 0.15) is 6.92 Å². The van der Waals surface area contributed by atoms with Crippen molar-refractivity contribution in [2.24, 2.45) is 5.92 Å². The van der Waals surface area contributed by atoms with Crippen molar-refractivity contribution in [3.63, 3.8) is 0 Å². The standard InChI is InChI=1S/C5H8N2/c1-4(2-6)5-3-7-5/h4-5,7H,3H2,1H3. The highest BCUT2D eigenvalue weighted by Gasteiger charge is 2.26. The van der Waals surface area contributed by atoms with Crippen LogP contribution in [-0.2, 0) is 0 Å². The zero-order valence-corrected chi connectivity index (χ0v) is 4.31. The van der Waals surface area contributed by atoms with Crippen molar-refractivity contribution in [3.8, 4) is 6.07 Å². The molecule has 2 unspecified atom stereocenters. The van der Waals surface area contributed by atoms with Crippen LogP contribution in [-0.4, -0.2) is 12.6 Å². The molecule has 2 atom stereocenters. The first-order valence-corrected chi connectivity index (χ1v) is 2.47. The minimum absolute atomic E-state index is 0.208. The van der Waals surface area contributed by atoms with E-state index in [0.717, 1.165) is 6.54 Å². The molecule has 0 spiro atoms. The minimum atomic E-state index is 0.208. The van der Waals surface area contributed by atoms with Crippen LogP contribution in [0, 0.1) is 17.2 Å². The van der Waals surface area contributed by atoms with E-state index < -0.39 is 0 Å². The summed E-state index contributed by atoms with van der Waals surface area (Å²) in [5, 5.41) is 11.3. The van der Waals surface area contributed by atoms with Gasteiger partial charge in [0.2, 0.25) is 0 Å². The van der Waals surface area contributed by atoms with E-state index >= 15 is 0 Å². The molecule has 0 amide bonds. The van der Waals surface area contributed by atoms with Crippen LogP contribution in [0.2, 0.25) is 0 Å². The zero-order chi connectivity index (χ0) is 5.28. The lowest BCUT2D eigenvalue weighted by molar-refractivity contribution is 0.721. The lowest BCUT2D eigenvalue weighted by Crippen LogP contribution is -2.01. The van der Waals surface area contributed by atoms with Crippen LogP contribution in [0.4, 0.5) is 0 Å². The van der Waals surface area contributed by atoms with Gasteiger partial charge >= 0.3 is 0 Å². The smallest absolute Gasteiger partial charge is 0.0669 e. The Morgan fingerprint density at radius 2 is 2.57 bits per heavy atom. The Bertz CT molecular complexity index is 99.1. The molecule has 0 bridgehead atoms. The summed E-state index contributed by atoms with van der Waals surface area (Å²) < 4.78 is 0. The van der Waals surface area contributed by atoms with Gasteiger partial charge in [0, 0.05) is 12.6 Å². The van der Waals surface area contributed by atoms with E-state index in [9.17, 15) is 0 Å². The quantitative estimate of drug-likeness (QED) is 0.471. The van der Waals surface area contributed by atoms with Crippen molar-refractivity contribution in [2.45, 2.75) is 13.0 Å². The summed E-state index contributed by atoms with van der Waals surface area (Å²) in [6, 6.07) is 2.67. The molecule has 1 rings (SSSR count). The number of nitrogens with zero attached hydrogens (tertiary/aromatic N) is 1. The fraction of sp³-hybridized carbons (Fsp3) is 0.800. The predicted octanol–water partition coefficient (Wildman–Crippen LogP) is 0.118. The van der Waals surface area contributed by atoms with Gasteiger partial charge in [-0.05, 0) is 6.92 Å². The van der Waals surface area contributed by atoms with Crippen LogP contribution < -0.4 is 5.32 Å². The second-order valence-corrected chi connectivity index (χ2v) is 1.93. The average molecular weight is 96.1 g/mol. The predicted molar refractivity (Wildman–Crippen MR) is 26.6 cm³/mol. The van der Waals surface area contributed by atoms with Gasteiger partial charge in [0.15, 0.2) is 0 Å². The van der Waals surface area contributed by atoms with Crippen molar-refractivity contribution < 1.29 is 0 Å². The fourth-order valence-corrected chi connectivity index (χ4v) is 0.512. The second kappa shape index (κ2) is 1.51. The van der Waals surface area contributed by atoms with Gasteiger partial charge < -0.3 is 5.32 Å². The lowest BCUT2D eigenvalue weighted by atomic mass is 10.1. The number of rotatable bonds is 1. The van der Waals surface area contributed by atoms with Crippen molar-refractivity contribution in [1.29, 1.82) is 5.26 Å². The van der Waals surface area contributed by atoms with E-state index in [2.05, 4.69) is 11.4 Å². The van der Waals surface area contributed by atoms with Crippen molar-refractivity contribution in [3.05, 3.63) is 0 Å². The van der Waals surface area contributed by atoms with E-state index in [0.29, 0.717) is 6.04 Å². The highest BCUT2D eigenvalue weighted by Crippen LogP contribution is 2.08. The van der Waals surface area contributed by atoms with Gasteiger partial charge in [0.1, 0.15) is 0 Å². The van der Waals surface area contributed by atoms with Gasteiger partial charge in [-0.25, -0.2) is 0 Å². The third-order valence-corrected chi connectivity index (χ3v) is 1.25. The topological polar surface area (TPSA) is 45.7 Å². The molecule has 1 saturated heterocycles. The van der Waals surface area contributed by atoms with Gasteiger partial charge in [-0.3, -0.25) is 0 Å². The van der Waals surface area contributed by atoms with E-state index in [1.807, 2.05) is 6.92 Å².